The van der Waals surface area contributed by atoms with Crippen molar-refractivity contribution in [2.24, 2.45) is 0 Å². The largest absolute Gasteiger partial charge is 0.573 e. The molecule has 0 saturated heterocycles. The monoisotopic (exact) mass is 370 g/mol. The molecule has 0 aliphatic carbocycles. The topological polar surface area (TPSA) is 87.7 Å². The molecule has 0 aliphatic heterocycles. The summed E-state index contributed by atoms with van der Waals surface area (Å²) in [5.74, 6) is -1.69. The lowest BCUT2D eigenvalue weighted by Gasteiger charge is -2.13. The maximum absolute atomic E-state index is 12.1. The van der Waals surface area contributed by atoms with Crippen molar-refractivity contribution in [2.45, 2.75) is 19.3 Å². The van der Waals surface area contributed by atoms with E-state index in [9.17, 15) is 22.8 Å². The lowest BCUT2D eigenvalue weighted by atomic mass is 10.3. The molecule has 0 radical (unpaired) electrons. The fraction of sp³-hybridized carbons (Fsp3) is 0.273. The van der Waals surface area contributed by atoms with Crippen LogP contribution >= 0.6 is 15.9 Å². The number of ether oxygens (including phenoxy) is 1. The highest BCUT2D eigenvalue weighted by Crippen LogP contribution is 2.32. The summed E-state index contributed by atoms with van der Waals surface area (Å²) in [6.45, 7) is 1.26. The molecule has 1 aromatic carbocycles. The molecular formula is C11H10BrF3N2O4. The third-order valence-electron chi connectivity index (χ3n) is 2.13. The molecule has 1 unspecified atom stereocenters. The number of carbonyl (C=O) groups is 2. The molecule has 0 heterocycles. The number of alkyl halides is 3. The fourth-order valence-corrected chi connectivity index (χ4v) is 1.67. The van der Waals surface area contributed by atoms with Gasteiger partial charge in [0.1, 0.15) is 11.8 Å². The lowest BCUT2D eigenvalue weighted by molar-refractivity contribution is -0.274. The second-order valence-electron chi connectivity index (χ2n) is 3.85. The number of hydrogen-bond acceptors (Lipinski definition) is 3. The van der Waals surface area contributed by atoms with E-state index in [-0.39, 0.29) is 10.2 Å². The quantitative estimate of drug-likeness (QED) is 0.760. The average molecular weight is 371 g/mol. The molecule has 10 heteroatoms. The Balaban J connectivity index is 2.72. The van der Waals surface area contributed by atoms with Gasteiger partial charge in [-0.25, -0.2) is 4.79 Å². The number of nitrogens with one attached hydrogen (secondary N) is 2. The van der Waals surface area contributed by atoms with Crippen LogP contribution in [0.25, 0.3) is 0 Å². The molecule has 0 aromatic heterocycles. The van der Waals surface area contributed by atoms with Gasteiger partial charge in [-0.2, -0.15) is 0 Å². The van der Waals surface area contributed by atoms with Gasteiger partial charge in [0.25, 0.3) is 0 Å². The van der Waals surface area contributed by atoms with Gasteiger partial charge in [-0.1, -0.05) is 0 Å². The van der Waals surface area contributed by atoms with Crippen LogP contribution in [0.5, 0.6) is 5.75 Å². The summed E-state index contributed by atoms with van der Waals surface area (Å²) in [5.41, 5.74) is 0.159. The number of carbonyl (C=O) groups excluding carboxylic acids is 1. The predicted octanol–water partition coefficient (Wildman–Crippen LogP) is 2.94. The number of urea groups is 1. The number of rotatable bonds is 4. The first-order valence-corrected chi connectivity index (χ1v) is 6.23. The molecule has 21 heavy (non-hydrogen) atoms. The molecule has 0 bridgehead atoms. The number of carboxylic acid groups (broad SMARTS) is 1. The van der Waals surface area contributed by atoms with E-state index < -0.39 is 30.2 Å². The molecule has 2 amide bonds. The molecule has 6 nitrogen and oxygen atoms in total. The van der Waals surface area contributed by atoms with Crippen LogP contribution in [-0.4, -0.2) is 29.5 Å². The third-order valence-corrected chi connectivity index (χ3v) is 2.75. The van der Waals surface area contributed by atoms with E-state index in [1.54, 1.807) is 0 Å². The number of halogens is 4. The van der Waals surface area contributed by atoms with Gasteiger partial charge in [0.15, 0.2) is 0 Å². The molecule has 0 aliphatic rings. The Morgan fingerprint density at radius 3 is 2.48 bits per heavy atom. The van der Waals surface area contributed by atoms with Gasteiger partial charge in [-0.3, -0.25) is 4.79 Å². The van der Waals surface area contributed by atoms with E-state index in [1.807, 2.05) is 0 Å². The molecular weight excluding hydrogens is 361 g/mol. The molecule has 1 atom stereocenters. The number of amides is 2. The zero-order valence-electron chi connectivity index (χ0n) is 10.5. The van der Waals surface area contributed by atoms with Gasteiger partial charge >= 0.3 is 18.4 Å². The Bertz CT molecular complexity index is 551. The van der Waals surface area contributed by atoms with Crippen LogP contribution in [-0.2, 0) is 4.79 Å². The van der Waals surface area contributed by atoms with Crippen LogP contribution in [0.1, 0.15) is 6.92 Å². The average Bonchev–Trinajstić information content (AvgIpc) is 2.30. The summed E-state index contributed by atoms with van der Waals surface area (Å²) in [5, 5.41) is 13.0. The lowest BCUT2D eigenvalue weighted by Crippen LogP contribution is -2.40. The maximum atomic E-state index is 12.1. The summed E-state index contributed by atoms with van der Waals surface area (Å²) in [7, 11) is 0. The molecule has 116 valence electrons. The first-order chi connectivity index (χ1) is 9.58. The summed E-state index contributed by atoms with van der Waals surface area (Å²) >= 11 is 2.87. The first-order valence-electron chi connectivity index (χ1n) is 5.44. The van der Waals surface area contributed by atoms with Gasteiger partial charge in [-0.05, 0) is 41.1 Å². The number of carboxylic acids is 1. The van der Waals surface area contributed by atoms with Gasteiger partial charge in [-0.15, -0.1) is 13.2 Å². The van der Waals surface area contributed by atoms with Crippen molar-refractivity contribution >= 4 is 33.6 Å². The zero-order chi connectivity index (χ0) is 16.2. The highest BCUT2D eigenvalue weighted by atomic mass is 79.9. The minimum atomic E-state index is -4.83. The summed E-state index contributed by atoms with van der Waals surface area (Å²) in [4.78, 5) is 22.0. The van der Waals surface area contributed by atoms with Gasteiger partial charge < -0.3 is 20.5 Å². The summed E-state index contributed by atoms with van der Waals surface area (Å²) in [6, 6.07) is 1.46. The van der Waals surface area contributed by atoms with Gasteiger partial charge in [0, 0.05) is 5.69 Å². The minimum Gasteiger partial charge on any atom is -0.480 e. The van der Waals surface area contributed by atoms with Crippen molar-refractivity contribution in [3.63, 3.8) is 0 Å². The summed E-state index contributed by atoms with van der Waals surface area (Å²) < 4.78 is 39.9. The second-order valence-corrected chi connectivity index (χ2v) is 4.71. The first kappa shape index (κ1) is 17.1. The highest BCUT2D eigenvalue weighted by Gasteiger charge is 2.32. The van der Waals surface area contributed by atoms with E-state index in [0.717, 1.165) is 6.07 Å². The van der Waals surface area contributed by atoms with Crippen LogP contribution in [0.4, 0.5) is 23.7 Å². The number of aliphatic carboxylic acids is 1. The Kier molecular flexibility index (Phi) is 5.41. The number of hydrogen-bond donors (Lipinski definition) is 3. The van der Waals surface area contributed by atoms with Gasteiger partial charge in [0.05, 0.1) is 4.47 Å². The smallest absolute Gasteiger partial charge is 0.480 e. The van der Waals surface area contributed by atoms with Crippen molar-refractivity contribution in [3.05, 3.63) is 22.7 Å². The van der Waals surface area contributed by atoms with Crippen LogP contribution in [0.3, 0.4) is 0 Å². The molecule has 0 saturated carbocycles. The number of anilines is 1. The van der Waals surface area contributed by atoms with Crippen LogP contribution in [0.2, 0.25) is 0 Å². The Morgan fingerprint density at radius 1 is 1.38 bits per heavy atom. The van der Waals surface area contributed by atoms with Crippen LogP contribution < -0.4 is 15.4 Å². The van der Waals surface area contributed by atoms with E-state index in [2.05, 4.69) is 31.3 Å². The normalized spacial score (nSPS) is 12.4. The second kappa shape index (κ2) is 6.66. The summed E-state index contributed by atoms with van der Waals surface area (Å²) in [6.07, 6.45) is -4.83. The molecule has 0 fully saturated rings. The van der Waals surface area contributed by atoms with Crippen LogP contribution in [0, 0.1) is 0 Å². The van der Waals surface area contributed by atoms with E-state index in [4.69, 9.17) is 5.11 Å². The van der Waals surface area contributed by atoms with Crippen molar-refractivity contribution in [1.82, 2.24) is 5.32 Å². The number of benzene rings is 1. The molecule has 1 aromatic rings. The zero-order valence-corrected chi connectivity index (χ0v) is 12.1. The fourth-order valence-electron chi connectivity index (χ4n) is 1.21. The van der Waals surface area contributed by atoms with Crippen molar-refractivity contribution < 1.29 is 32.6 Å². The Morgan fingerprint density at radius 2 is 2.00 bits per heavy atom. The molecule has 1 rings (SSSR count). The Hall–Kier alpha value is -1.97. The SMILES string of the molecule is CC(NC(=O)Nc1ccc(OC(F)(F)F)c(Br)c1)C(=O)O. The van der Waals surface area contributed by atoms with Crippen molar-refractivity contribution in [1.29, 1.82) is 0 Å². The standard InChI is InChI=1S/C11H10BrF3N2O4/c1-5(9(18)19)16-10(20)17-6-2-3-8(7(12)4-6)21-11(13,14)15/h2-5H,1H3,(H,18,19)(H2,16,17,20). The van der Waals surface area contributed by atoms with E-state index in [1.165, 1.54) is 19.1 Å². The van der Waals surface area contributed by atoms with E-state index in [0.29, 0.717) is 0 Å². The van der Waals surface area contributed by atoms with Gasteiger partial charge in [0.2, 0.25) is 0 Å². The highest BCUT2D eigenvalue weighted by molar-refractivity contribution is 9.10. The Labute approximate surface area is 125 Å². The molecule has 0 spiro atoms. The third kappa shape index (κ3) is 5.90. The van der Waals surface area contributed by atoms with E-state index >= 15 is 0 Å². The predicted molar refractivity (Wildman–Crippen MR) is 70.1 cm³/mol. The van der Waals surface area contributed by atoms with Crippen molar-refractivity contribution in [2.75, 3.05) is 5.32 Å². The maximum Gasteiger partial charge on any atom is 0.573 e. The van der Waals surface area contributed by atoms with Crippen molar-refractivity contribution in [3.8, 4) is 5.75 Å². The molecule has 3 N–H and O–H groups in total. The van der Waals surface area contributed by atoms with Crippen LogP contribution in [0.15, 0.2) is 22.7 Å². The minimum absolute atomic E-state index is 0.0242.